The SMILES string of the molecule is CCCNC(CCN(CC)C1CCCCC1)C(C)(C)C. The molecule has 0 radical (unpaired) electrons. The quantitative estimate of drug-likeness (QED) is 0.708. The van der Waals surface area contributed by atoms with Gasteiger partial charge in [-0.05, 0) is 50.7 Å². The van der Waals surface area contributed by atoms with Gasteiger partial charge in [-0.1, -0.05) is 53.9 Å². The third kappa shape index (κ3) is 6.13. The summed E-state index contributed by atoms with van der Waals surface area (Å²) in [5.74, 6) is 0. The van der Waals surface area contributed by atoms with Gasteiger partial charge in [-0.15, -0.1) is 0 Å². The minimum absolute atomic E-state index is 0.362. The molecule has 120 valence electrons. The Hall–Kier alpha value is -0.0800. The monoisotopic (exact) mass is 282 g/mol. The molecule has 1 saturated carbocycles. The summed E-state index contributed by atoms with van der Waals surface area (Å²) in [6.07, 6.45) is 9.71. The molecule has 0 aromatic carbocycles. The summed E-state index contributed by atoms with van der Waals surface area (Å²) < 4.78 is 0. The predicted molar refractivity (Wildman–Crippen MR) is 90.3 cm³/mol. The van der Waals surface area contributed by atoms with E-state index in [-0.39, 0.29) is 0 Å². The average Bonchev–Trinajstić information content (AvgIpc) is 2.42. The molecule has 20 heavy (non-hydrogen) atoms. The normalized spacial score (nSPS) is 19.5. The van der Waals surface area contributed by atoms with Gasteiger partial charge in [0, 0.05) is 12.1 Å². The van der Waals surface area contributed by atoms with E-state index in [1.807, 2.05) is 0 Å². The topological polar surface area (TPSA) is 15.3 Å². The number of rotatable bonds is 8. The van der Waals surface area contributed by atoms with E-state index in [1.54, 1.807) is 0 Å². The van der Waals surface area contributed by atoms with E-state index in [0.717, 1.165) is 12.6 Å². The summed E-state index contributed by atoms with van der Waals surface area (Å²) >= 11 is 0. The van der Waals surface area contributed by atoms with Gasteiger partial charge in [-0.3, -0.25) is 0 Å². The van der Waals surface area contributed by atoms with Crippen LogP contribution < -0.4 is 5.32 Å². The van der Waals surface area contributed by atoms with Gasteiger partial charge in [0.1, 0.15) is 0 Å². The molecular formula is C18H38N2. The van der Waals surface area contributed by atoms with E-state index in [2.05, 4.69) is 44.8 Å². The van der Waals surface area contributed by atoms with Crippen LogP contribution >= 0.6 is 0 Å². The molecule has 2 nitrogen and oxygen atoms in total. The molecule has 0 bridgehead atoms. The lowest BCUT2D eigenvalue weighted by Crippen LogP contribution is -2.45. The first-order valence-electron chi connectivity index (χ1n) is 8.96. The van der Waals surface area contributed by atoms with Crippen LogP contribution in [0.25, 0.3) is 0 Å². The highest BCUT2D eigenvalue weighted by molar-refractivity contribution is 4.83. The largest absolute Gasteiger partial charge is 0.313 e. The Morgan fingerprint density at radius 1 is 1.10 bits per heavy atom. The number of hydrogen-bond acceptors (Lipinski definition) is 2. The fraction of sp³-hybridized carbons (Fsp3) is 1.00. The van der Waals surface area contributed by atoms with Crippen molar-refractivity contribution in [2.24, 2.45) is 5.41 Å². The van der Waals surface area contributed by atoms with E-state index < -0.39 is 0 Å². The lowest BCUT2D eigenvalue weighted by molar-refractivity contribution is 0.141. The Morgan fingerprint density at radius 2 is 1.75 bits per heavy atom. The Kier molecular flexibility index (Phi) is 8.13. The van der Waals surface area contributed by atoms with Gasteiger partial charge in [0.25, 0.3) is 0 Å². The second-order valence-corrected chi connectivity index (χ2v) is 7.58. The Balaban J connectivity index is 2.46. The highest BCUT2D eigenvalue weighted by atomic mass is 15.1. The summed E-state index contributed by atoms with van der Waals surface area (Å²) in [4.78, 5) is 2.74. The third-order valence-corrected chi connectivity index (χ3v) is 4.89. The summed E-state index contributed by atoms with van der Waals surface area (Å²) in [7, 11) is 0. The molecule has 0 heterocycles. The minimum atomic E-state index is 0.362. The molecule has 1 aliphatic rings. The van der Waals surface area contributed by atoms with Crippen molar-refractivity contribution in [3.8, 4) is 0 Å². The van der Waals surface area contributed by atoms with E-state index in [9.17, 15) is 0 Å². The fourth-order valence-electron chi connectivity index (χ4n) is 3.50. The molecule has 1 atom stereocenters. The zero-order chi connectivity index (χ0) is 15.0. The molecule has 1 N–H and O–H groups in total. The Bertz CT molecular complexity index is 238. The van der Waals surface area contributed by atoms with Crippen LogP contribution in [0.2, 0.25) is 0 Å². The highest BCUT2D eigenvalue weighted by Gasteiger charge is 2.26. The highest BCUT2D eigenvalue weighted by Crippen LogP contribution is 2.25. The van der Waals surface area contributed by atoms with Crippen molar-refractivity contribution in [2.75, 3.05) is 19.6 Å². The molecule has 1 aliphatic carbocycles. The van der Waals surface area contributed by atoms with Crippen LogP contribution in [-0.4, -0.2) is 36.6 Å². The van der Waals surface area contributed by atoms with Gasteiger partial charge in [0.05, 0.1) is 0 Å². The lowest BCUT2D eigenvalue weighted by atomic mass is 9.84. The van der Waals surface area contributed by atoms with Gasteiger partial charge in [0.15, 0.2) is 0 Å². The molecule has 0 aromatic heterocycles. The van der Waals surface area contributed by atoms with Crippen LogP contribution in [0, 0.1) is 5.41 Å². The van der Waals surface area contributed by atoms with Gasteiger partial charge < -0.3 is 10.2 Å². The van der Waals surface area contributed by atoms with Crippen LogP contribution in [0.4, 0.5) is 0 Å². The average molecular weight is 283 g/mol. The first-order valence-corrected chi connectivity index (χ1v) is 8.96. The lowest BCUT2D eigenvalue weighted by Gasteiger charge is -2.37. The van der Waals surface area contributed by atoms with Gasteiger partial charge in [0.2, 0.25) is 0 Å². The molecule has 1 rings (SSSR count). The number of nitrogens with zero attached hydrogens (tertiary/aromatic N) is 1. The Labute approximate surface area is 127 Å². The maximum atomic E-state index is 3.77. The van der Waals surface area contributed by atoms with Crippen molar-refractivity contribution >= 4 is 0 Å². The van der Waals surface area contributed by atoms with Crippen molar-refractivity contribution in [1.82, 2.24) is 10.2 Å². The molecule has 0 saturated heterocycles. The maximum absolute atomic E-state index is 3.77. The standard InChI is InChI=1S/C18H38N2/c1-6-14-19-17(18(3,4)5)13-15-20(7-2)16-11-9-8-10-12-16/h16-17,19H,6-15H2,1-5H3. The molecule has 0 aliphatic heterocycles. The molecule has 2 heteroatoms. The second kappa shape index (κ2) is 9.04. The van der Waals surface area contributed by atoms with Gasteiger partial charge in [-0.25, -0.2) is 0 Å². The van der Waals surface area contributed by atoms with E-state index in [4.69, 9.17) is 0 Å². The molecule has 0 spiro atoms. The smallest absolute Gasteiger partial charge is 0.0128 e. The van der Waals surface area contributed by atoms with Crippen molar-refractivity contribution in [3.63, 3.8) is 0 Å². The van der Waals surface area contributed by atoms with E-state index in [1.165, 1.54) is 58.0 Å². The first kappa shape index (κ1) is 18.0. The maximum Gasteiger partial charge on any atom is 0.0128 e. The van der Waals surface area contributed by atoms with Crippen LogP contribution in [0.15, 0.2) is 0 Å². The summed E-state index contributed by atoms with van der Waals surface area (Å²) in [6, 6.07) is 1.50. The van der Waals surface area contributed by atoms with Crippen LogP contribution in [0.1, 0.15) is 79.6 Å². The summed E-state index contributed by atoms with van der Waals surface area (Å²) in [5.41, 5.74) is 0.362. The minimum Gasteiger partial charge on any atom is -0.313 e. The zero-order valence-electron chi connectivity index (χ0n) is 14.7. The summed E-state index contributed by atoms with van der Waals surface area (Å²) in [5, 5.41) is 3.77. The first-order chi connectivity index (χ1) is 9.49. The molecular weight excluding hydrogens is 244 g/mol. The van der Waals surface area contributed by atoms with Crippen molar-refractivity contribution in [1.29, 1.82) is 0 Å². The number of nitrogens with one attached hydrogen (secondary N) is 1. The van der Waals surface area contributed by atoms with Crippen molar-refractivity contribution < 1.29 is 0 Å². The van der Waals surface area contributed by atoms with Crippen LogP contribution in [0.5, 0.6) is 0 Å². The Morgan fingerprint density at radius 3 is 2.25 bits per heavy atom. The molecule has 1 unspecified atom stereocenters. The van der Waals surface area contributed by atoms with Crippen LogP contribution in [0.3, 0.4) is 0 Å². The molecule has 0 amide bonds. The third-order valence-electron chi connectivity index (χ3n) is 4.89. The van der Waals surface area contributed by atoms with Crippen molar-refractivity contribution in [3.05, 3.63) is 0 Å². The van der Waals surface area contributed by atoms with E-state index in [0.29, 0.717) is 11.5 Å². The predicted octanol–water partition coefficient (Wildman–Crippen LogP) is 4.45. The molecule has 0 aromatic rings. The van der Waals surface area contributed by atoms with E-state index >= 15 is 0 Å². The van der Waals surface area contributed by atoms with Gasteiger partial charge in [-0.2, -0.15) is 0 Å². The second-order valence-electron chi connectivity index (χ2n) is 7.58. The van der Waals surface area contributed by atoms with Crippen molar-refractivity contribution in [2.45, 2.75) is 91.6 Å². The van der Waals surface area contributed by atoms with Crippen LogP contribution in [-0.2, 0) is 0 Å². The fourth-order valence-corrected chi connectivity index (χ4v) is 3.50. The zero-order valence-corrected chi connectivity index (χ0v) is 14.7. The van der Waals surface area contributed by atoms with Gasteiger partial charge >= 0.3 is 0 Å². The molecule has 1 fully saturated rings. The summed E-state index contributed by atoms with van der Waals surface area (Å²) in [6.45, 7) is 15.3. The number of hydrogen-bond donors (Lipinski definition) is 1.